The number of rotatable bonds is 6. The summed E-state index contributed by atoms with van der Waals surface area (Å²) in [6, 6.07) is 8.46. The molecule has 90 valence electrons. The second-order valence-corrected chi connectivity index (χ2v) is 4.78. The van der Waals surface area contributed by atoms with E-state index in [1.165, 1.54) is 11.1 Å². The van der Waals surface area contributed by atoms with Gasteiger partial charge < -0.3 is 5.32 Å². The molecule has 0 aromatic heterocycles. The first-order valence-electron chi connectivity index (χ1n) is 5.58. The summed E-state index contributed by atoms with van der Waals surface area (Å²) >= 11 is 12.0. The molecular formula is C13H19Cl2N. The lowest BCUT2D eigenvalue weighted by atomic mass is 10.0. The van der Waals surface area contributed by atoms with Gasteiger partial charge in [-0.3, -0.25) is 0 Å². The maximum atomic E-state index is 5.98. The average Bonchev–Trinajstić information content (AvgIpc) is 2.32. The van der Waals surface area contributed by atoms with Gasteiger partial charge in [0.2, 0.25) is 0 Å². The van der Waals surface area contributed by atoms with Crippen LogP contribution in [-0.4, -0.2) is 17.3 Å². The van der Waals surface area contributed by atoms with Crippen LogP contribution < -0.4 is 5.32 Å². The van der Waals surface area contributed by atoms with E-state index in [0.717, 1.165) is 13.0 Å². The van der Waals surface area contributed by atoms with Gasteiger partial charge in [0, 0.05) is 23.8 Å². The molecular weight excluding hydrogens is 241 g/mol. The summed E-state index contributed by atoms with van der Waals surface area (Å²) in [5.74, 6) is 1.08. The standard InChI is InChI=1S/C13H19Cl2N/c1-3-13(9-14,10-15)16-8-12-6-4-5-11(2)7-12/h4-7,16H,3,8-10H2,1-2H3. The lowest BCUT2D eigenvalue weighted by Gasteiger charge is -2.29. The van der Waals surface area contributed by atoms with Crippen LogP contribution in [-0.2, 0) is 6.54 Å². The Labute approximate surface area is 108 Å². The van der Waals surface area contributed by atoms with Crippen molar-refractivity contribution in [2.45, 2.75) is 32.4 Å². The largest absolute Gasteiger partial charge is 0.305 e. The molecule has 3 heteroatoms. The van der Waals surface area contributed by atoms with E-state index < -0.39 is 0 Å². The van der Waals surface area contributed by atoms with Crippen LogP contribution in [0.15, 0.2) is 24.3 Å². The summed E-state index contributed by atoms with van der Waals surface area (Å²) in [5.41, 5.74) is 2.40. The summed E-state index contributed by atoms with van der Waals surface area (Å²) in [5, 5.41) is 3.46. The summed E-state index contributed by atoms with van der Waals surface area (Å²) in [7, 11) is 0. The molecule has 0 saturated heterocycles. The van der Waals surface area contributed by atoms with E-state index in [0.29, 0.717) is 11.8 Å². The molecule has 0 aliphatic rings. The van der Waals surface area contributed by atoms with Gasteiger partial charge in [-0.1, -0.05) is 36.8 Å². The normalized spacial score (nSPS) is 11.8. The number of hydrogen-bond donors (Lipinski definition) is 1. The fourth-order valence-electron chi connectivity index (χ4n) is 1.56. The molecule has 1 nitrogen and oxygen atoms in total. The Kier molecular flexibility index (Phi) is 5.60. The first-order chi connectivity index (χ1) is 7.65. The summed E-state index contributed by atoms with van der Waals surface area (Å²) in [6.07, 6.45) is 0.936. The van der Waals surface area contributed by atoms with Crippen LogP contribution in [0.4, 0.5) is 0 Å². The zero-order valence-electron chi connectivity index (χ0n) is 9.89. The molecule has 16 heavy (non-hydrogen) atoms. The number of hydrogen-bond acceptors (Lipinski definition) is 1. The van der Waals surface area contributed by atoms with Crippen molar-refractivity contribution in [2.75, 3.05) is 11.8 Å². The van der Waals surface area contributed by atoms with Crippen molar-refractivity contribution in [1.29, 1.82) is 0 Å². The Morgan fingerprint density at radius 3 is 2.44 bits per heavy atom. The highest BCUT2D eigenvalue weighted by atomic mass is 35.5. The van der Waals surface area contributed by atoms with Gasteiger partial charge in [0.1, 0.15) is 0 Å². The Morgan fingerprint density at radius 1 is 1.25 bits per heavy atom. The van der Waals surface area contributed by atoms with Gasteiger partial charge in [-0.25, -0.2) is 0 Å². The number of aryl methyl sites for hydroxylation is 1. The highest BCUT2D eigenvalue weighted by Crippen LogP contribution is 2.16. The van der Waals surface area contributed by atoms with Crippen molar-refractivity contribution in [2.24, 2.45) is 0 Å². The Balaban J connectivity index is 2.62. The van der Waals surface area contributed by atoms with Gasteiger partial charge in [-0.2, -0.15) is 0 Å². The van der Waals surface area contributed by atoms with Crippen molar-refractivity contribution >= 4 is 23.2 Å². The van der Waals surface area contributed by atoms with Crippen LogP contribution >= 0.6 is 23.2 Å². The van der Waals surface area contributed by atoms with Gasteiger partial charge in [-0.05, 0) is 18.9 Å². The maximum absolute atomic E-state index is 5.98. The third-order valence-electron chi connectivity index (χ3n) is 2.94. The van der Waals surface area contributed by atoms with Crippen LogP contribution in [0, 0.1) is 6.92 Å². The average molecular weight is 260 g/mol. The van der Waals surface area contributed by atoms with Crippen LogP contribution in [0.3, 0.4) is 0 Å². The van der Waals surface area contributed by atoms with Gasteiger partial charge in [0.05, 0.1) is 0 Å². The third-order valence-corrected chi connectivity index (χ3v) is 3.96. The summed E-state index contributed by atoms with van der Waals surface area (Å²) in [6.45, 7) is 5.02. The molecule has 0 spiro atoms. The molecule has 0 fully saturated rings. The van der Waals surface area contributed by atoms with Crippen LogP contribution in [0.1, 0.15) is 24.5 Å². The number of nitrogens with one attached hydrogen (secondary N) is 1. The predicted molar refractivity (Wildman–Crippen MR) is 72.5 cm³/mol. The molecule has 0 radical (unpaired) electrons. The number of alkyl halides is 2. The Hall–Kier alpha value is -0.240. The van der Waals surface area contributed by atoms with Crippen molar-refractivity contribution in [3.8, 4) is 0 Å². The minimum absolute atomic E-state index is 0.146. The Morgan fingerprint density at radius 2 is 1.94 bits per heavy atom. The molecule has 0 aliphatic heterocycles. The molecule has 0 atom stereocenters. The zero-order valence-corrected chi connectivity index (χ0v) is 11.4. The maximum Gasteiger partial charge on any atom is 0.0453 e. The predicted octanol–water partition coefficient (Wildman–Crippen LogP) is 3.71. The first-order valence-corrected chi connectivity index (χ1v) is 6.65. The quantitative estimate of drug-likeness (QED) is 0.769. The van der Waals surface area contributed by atoms with Gasteiger partial charge in [0.15, 0.2) is 0 Å². The minimum Gasteiger partial charge on any atom is -0.305 e. The van der Waals surface area contributed by atoms with Gasteiger partial charge >= 0.3 is 0 Å². The van der Waals surface area contributed by atoms with Gasteiger partial charge in [-0.15, -0.1) is 23.2 Å². The fourth-order valence-corrected chi connectivity index (χ4v) is 2.41. The van der Waals surface area contributed by atoms with E-state index in [4.69, 9.17) is 23.2 Å². The van der Waals surface area contributed by atoms with E-state index >= 15 is 0 Å². The molecule has 0 unspecified atom stereocenters. The second kappa shape index (κ2) is 6.48. The van der Waals surface area contributed by atoms with Crippen molar-refractivity contribution in [3.63, 3.8) is 0 Å². The van der Waals surface area contributed by atoms with Gasteiger partial charge in [0.25, 0.3) is 0 Å². The van der Waals surface area contributed by atoms with Crippen molar-refractivity contribution in [3.05, 3.63) is 35.4 Å². The molecule has 0 aliphatic carbocycles. The summed E-state index contributed by atoms with van der Waals surface area (Å²) in [4.78, 5) is 0. The molecule has 1 rings (SSSR count). The summed E-state index contributed by atoms with van der Waals surface area (Å²) < 4.78 is 0. The monoisotopic (exact) mass is 259 g/mol. The van der Waals surface area contributed by atoms with Crippen LogP contribution in [0.25, 0.3) is 0 Å². The highest BCUT2D eigenvalue weighted by molar-refractivity contribution is 6.22. The van der Waals surface area contributed by atoms with E-state index in [1.54, 1.807) is 0 Å². The lowest BCUT2D eigenvalue weighted by Crippen LogP contribution is -2.47. The third kappa shape index (κ3) is 3.65. The number of benzene rings is 1. The molecule has 0 saturated carbocycles. The van der Waals surface area contributed by atoms with Crippen LogP contribution in [0.2, 0.25) is 0 Å². The first kappa shape index (κ1) is 13.8. The highest BCUT2D eigenvalue weighted by Gasteiger charge is 2.25. The van der Waals surface area contributed by atoms with Crippen molar-refractivity contribution < 1.29 is 0 Å². The fraction of sp³-hybridized carbons (Fsp3) is 0.538. The SMILES string of the molecule is CCC(CCl)(CCl)NCc1cccc(C)c1. The van der Waals surface area contributed by atoms with E-state index in [1.807, 2.05) is 0 Å². The molecule has 0 bridgehead atoms. The molecule has 1 aromatic rings. The minimum atomic E-state index is -0.146. The molecule has 0 amide bonds. The molecule has 1 N–H and O–H groups in total. The molecule has 0 heterocycles. The van der Waals surface area contributed by atoms with E-state index in [9.17, 15) is 0 Å². The van der Waals surface area contributed by atoms with E-state index in [-0.39, 0.29) is 5.54 Å². The molecule has 1 aromatic carbocycles. The Bertz CT molecular complexity index is 313. The van der Waals surface area contributed by atoms with Crippen molar-refractivity contribution in [1.82, 2.24) is 5.32 Å². The van der Waals surface area contributed by atoms with E-state index in [2.05, 4.69) is 43.4 Å². The zero-order chi connectivity index (χ0) is 12.0. The lowest BCUT2D eigenvalue weighted by molar-refractivity contribution is 0.384. The second-order valence-electron chi connectivity index (χ2n) is 4.24. The number of halogens is 2. The topological polar surface area (TPSA) is 12.0 Å². The smallest absolute Gasteiger partial charge is 0.0453 e. The van der Waals surface area contributed by atoms with Crippen LogP contribution in [0.5, 0.6) is 0 Å².